The summed E-state index contributed by atoms with van der Waals surface area (Å²) < 4.78 is 0. The Morgan fingerprint density at radius 3 is 1.10 bits per heavy atom. The first-order valence-electron chi connectivity index (χ1n) is 16.4. The number of aryl methyl sites for hydroxylation is 1. The molecule has 1 aromatic carbocycles. The predicted octanol–water partition coefficient (Wildman–Crippen LogP) is 9.00. The molecule has 0 saturated carbocycles. The number of aromatic carboxylic acids is 1. The molecule has 0 aromatic heterocycles. The van der Waals surface area contributed by atoms with Crippen molar-refractivity contribution in [3.63, 3.8) is 0 Å². The minimum Gasteiger partial charge on any atom is -0.550 e. The number of hydrogen-bond acceptors (Lipinski definition) is 4. The molecule has 0 atom stereocenters. The van der Waals surface area contributed by atoms with Crippen LogP contribution < -0.4 is 10.2 Å². The van der Waals surface area contributed by atoms with Gasteiger partial charge in [-0.3, -0.25) is 0 Å². The van der Waals surface area contributed by atoms with E-state index in [1.165, 1.54) is 121 Å². The van der Waals surface area contributed by atoms with Crippen LogP contribution in [0.25, 0.3) is 0 Å². The maximum atomic E-state index is 10.2. The Hall–Kier alpha value is -1.04. The summed E-state index contributed by atoms with van der Waals surface area (Å²) in [7, 11) is 0. The second kappa shape index (κ2) is 41.1. The Kier molecular flexibility index (Phi) is 47.0. The molecule has 0 fully saturated rings. The molecular formula is C36H64O4Sn. The fourth-order valence-electron chi connectivity index (χ4n) is 3.68. The Morgan fingerprint density at radius 2 is 0.854 bits per heavy atom. The number of carboxylic acid groups (broad SMARTS) is 2. The van der Waals surface area contributed by atoms with Gasteiger partial charge in [-0.1, -0.05) is 193 Å². The minimum absolute atomic E-state index is 0. The van der Waals surface area contributed by atoms with Gasteiger partial charge in [0.2, 0.25) is 0 Å². The zero-order valence-corrected chi connectivity index (χ0v) is 30.3. The maximum absolute atomic E-state index is 10.2. The fraction of sp³-hybridized carbons (Fsp3) is 0.722. The number of unbranched alkanes of at least 4 members (excludes halogenated alkanes) is 18. The number of carbonyl (C=O) groups excluding carboxylic acids is 2. The van der Waals surface area contributed by atoms with E-state index >= 15 is 0 Å². The summed E-state index contributed by atoms with van der Waals surface area (Å²) in [6.45, 7) is 15.6. The van der Waals surface area contributed by atoms with E-state index in [1.807, 2.05) is 6.92 Å². The van der Waals surface area contributed by atoms with E-state index in [9.17, 15) is 19.8 Å². The van der Waals surface area contributed by atoms with Crippen molar-refractivity contribution in [2.45, 2.75) is 169 Å². The van der Waals surface area contributed by atoms with Gasteiger partial charge in [0.15, 0.2) is 0 Å². The molecule has 236 valence electrons. The first-order chi connectivity index (χ1) is 19.3. The van der Waals surface area contributed by atoms with E-state index in [0.29, 0.717) is 0 Å². The minimum atomic E-state index is -1.12. The van der Waals surface area contributed by atoms with E-state index in [0.717, 1.165) is 31.2 Å². The van der Waals surface area contributed by atoms with Crippen molar-refractivity contribution >= 4 is 35.8 Å². The number of rotatable bonds is 21. The molecule has 1 rings (SSSR count). The van der Waals surface area contributed by atoms with Crippen LogP contribution in [-0.2, 0) is 4.79 Å². The Morgan fingerprint density at radius 1 is 0.561 bits per heavy atom. The number of benzene rings is 1. The molecule has 4 radical (unpaired) electrons. The van der Waals surface area contributed by atoms with Gasteiger partial charge < -0.3 is 19.8 Å². The standard InChI is InChI=1S/C20H40O2.C8H8O2.2C4H9.Sn/c1-2-3-4-5-6-7-8-9-10-11-12-13-14-15-16-17-18-19-20(21)22;1-6-2-4-7(5-3-6)8(9)10;2*1-3-4-2;/h2-19H2,1H3,(H,21,22);2-5H,1H3,(H,9,10);2*1,3-4H2,2H3;/q;;;;+2/p-2. The first kappa shape index (κ1) is 46.9. The second-order valence-electron chi connectivity index (χ2n) is 10.6. The van der Waals surface area contributed by atoms with Crippen LogP contribution in [-0.4, -0.2) is 35.8 Å². The van der Waals surface area contributed by atoms with Gasteiger partial charge >= 0.3 is 23.9 Å². The monoisotopic (exact) mass is 680 g/mol. The molecule has 0 heterocycles. The molecule has 0 bridgehead atoms. The Labute approximate surface area is 272 Å². The number of carboxylic acids is 2. The van der Waals surface area contributed by atoms with E-state index in [2.05, 4.69) is 34.6 Å². The van der Waals surface area contributed by atoms with Gasteiger partial charge in [0.25, 0.3) is 0 Å². The topological polar surface area (TPSA) is 80.3 Å². The molecule has 0 aliphatic carbocycles. The van der Waals surface area contributed by atoms with Crippen LogP contribution in [0.3, 0.4) is 0 Å². The fourth-order valence-corrected chi connectivity index (χ4v) is 3.68. The van der Waals surface area contributed by atoms with Gasteiger partial charge in [-0.2, -0.15) is 0 Å². The summed E-state index contributed by atoms with van der Waals surface area (Å²) in [5.41, 5.74) is 1.27. The number of carbonyl (C=O) groups is 2. The maximum Gasteiger partial charge on any atom is 2.00 e. The molecule has 0 aliphatic heterocycles. The molecule has 1 aromatic rings. The third kappa shape index (κ3) is 46.1. The summed E-state index contributed by atoms with van der Waals surface area (Å²) >= 11 is 0. The first-order valence-corrected chi connectivity index (χ1v) is 16.4. The third-order valence-corrected chi connectivity index (χ3v) is 6.48. The van der Waals surface area contributed by atoms with Crippen molar-refractivity contribution in [2.75, 3.05) is 0 Å². The Balaban J connectivity index is -0.000000294. The van der Waals surface area contributed by atoms with Crippen molar-refractivity contribution in [1.82, 2.24) is 0 Å². The van der Waals surface area contributed by atoms with Gasteiger partial charge in [-0.25, -0.2) is 0 Å². The quantitative estimate of drug-likeness (QED) is 0.0960. The van der Waals surface area contributed by atoms with Crippen LogP contribution in [0.15, 0.2) is 24.3 Å². The molecule has 0 unspecified atom stereocenters. The van der Waals surface area contributed by atoms with Crippen LogP contribution in [0.1, 0.15) is 178 Å². The van der Waals surface area contributed by atoms with Crippen LogP contribution in [0.5, 0.6) is 0 Å². The van der Waals surface area contributed by atoms with Crippen molar-refractivity contribution in [3.8, 4) is 0 Å². The summed E-state index contributed by atoms with van der Waals surface area (Å²) in [5, 5.41) is 20.4. The SMILES string of the molecule is CCCCCCCCCCCCCCCCCCCC(=O)[O-].Cc1ccc(C(=O)[O-])cc1.[CH2]CCC.[CH2]CCC.[Sn+2]. The molecular weight excluding hydrogens is 615 g/mol. The van der Waals surface area contributed by atoms with Crippen molar-refractivity contribution in [1.29, 1.82) is 0 Å². The average molecular weight is 680 g/mol. The molecule has 0 amide bonds. The summed E-state index contributed by atoms with van der Waals surface area (Å²) in [6.07, 6.45) is 27.4. The third-order valence-electron chi connectivity index (χ3n) is 6.48. The zero-order valence-electron chi connectivity index (χ0n) is 27.4. The van der Waals surface area contributed by atoms with Gasteiger partial charge in [-0.15, -0.1) is 0 Å². The van der Waals surface area contributed by atoms with E-state index in [1.54, 1.807) is 12.1 Å². The van der Waals surface area contributed by atoms with E-state index < -0.39 is 11.9 Å². The van der Waals surface area contributed by atoms with Crippen LogP contribution in [0.4, 0.5) is 0 Å². The van der Waals surface area contributed by atoms with Gasteiger partial charge in [0.05, 0.1) is 5.97 Å². The van der Waals surface area contributed by atoms with Crippen molar-refractivity contribution in [2.24, 2.45) is 0 Å². The van der Waals surface area contributed by atoms with Crippen LogP contribution >= 0.6 is 0 Å². The molecule has 0 aliphatic rings. The van der Waals surface area contributed by atoms with Crippen LogP contribution in [0, 0.1) is 20.8 Å². The largest absolute Gasteiger partial charge is 2.00 e. The van der Waals surface area contributed by atoms with Gasteiger partial charge in [0, 0.05) is 5.97 Å². The summed E-state index contributed by atoms with van der Waals surface area (Å²) in [6, 6.07) is 6.55. The van der Waals surface area contributed by atoms with Gasteiger partial charge in [-0.05, 0) is 25.3 Å². The predicted molar refractivity (Wildman–Crippen MR) is 176 cm³/mol. The smallest absolute Gasteiger partial charge is 0.550 e. The molecule has 41 heavy (non-hydrogen) atoms. The molecule has 5 heteroatoms. The average Bonchev–Trinajstić information content (AvgIpc) is 2.95. The molecule has 0 N–H and O–H groups in total. The van der Waals surface area contributed by atoms with Crippen LogP contribution in [0.2, 0.25) is 0 Å². The summed E-state index contributed by atoms with van der Waals surface area (Å²) in [4.78, 5) is 20.4. The van der Waals surface area contributed by atoms with E-state index in [-0.39, 0.29) is 35.9 Å². The molecule has 0 spiro atoms. The van der Waals surface area contributed by atoms with E-state index in [4.69, 9.17) is 0 Å². The number of hydrogen-bond donors (Lipinski definition) is 0. The van der Waals surface area contributed by atoms with Crippen molar-refractivity contribution < 1.29 is 19.8 Å². The number of aliphatic carboxylic acids is 1. The zero-order chi connectivity index (χ0) is 30.7. The van der Waals surface area contributed by atoms with Crippen molar-refractivity contribution in [3.05, 3.63) is 49.2 Å². The molecule has 4 nitrogen and oxygen atoms in total. The molecule has 0 saturated heterocycles. The summed E-state index contributed by atoms with van der Waals surface area (Å²) in [5.74, 6) is -2.03. The second-order valence-corrected chi connectivity index (χ2v) is 10.6. The Bertz CT molecular complexity index is 623. The normalized spacial score (nSPS) is 9.61. The van der Waals surface area contributed by atoms with Gasteiger partial charge in [0.1, 0.15) is 0 Å².